The number of ether oxygens (including phenoxy) is 1. The number of carbonyl (C=O) groups excluding carboxylic acids is 1. The number of benzene rings is 2. The molecule has 0 aliphatic carbocycles. The molecule has 4 rings (SSSR count). The smallest absolute Gasteiger partial charge is 0.360 e. The minimum atomic E-state index is -0.832. The lowest BCUT2D eigenvalue weighted by Gasteiger charge is -2.12. The Morgan fingerprint density at radius 3 is 2.52 bits per heavy atom. The van der Waals surface area contributed by atoms with Crippen LogP contribution in [0, 0.1) is 17.1 Å². The van der Waals surface area contributed by atoms with Gasteiger partial charge in [0.1, 0.15) is 11.9 Å². The van der Waals surface area contributed by atoms with E-state index in [0.29, 0.717) is 26.9 Å². The number of hydrogen-bond donors (Lipinski definition) is 1. The van der Waals surface area contributed by atoms with Crippen LogP contribution < -0.4 is 0 Å². The molecule has 2 heterocycles. The molecule has 2 aromatic carbocycles. The summed E-state index contributed by atoms with van der Waals surface area (Å²) in [5.74, 6) is -1.63. The van der Waals surface area contributed by atoms with E-state index in [9.17, 15) is 19.6 Å². The summed E-state index contributed by atoms with van der Waals surface area (Å²) in [5, 5.41) is 21.0. The first kappa shape index (κ1) is 20.6. The highest BCUT2D eigenvalue weighted by molar-refractivity contribution is 9.10. The zero-order valence-electron chi connectivity index (χ0n) is 16.3. The highest BCUT2D eigenvalue weighted by Gasteiger charge is 2.28. The molecule has 0 atom stereocenters. The third-order valence-corrected chi connectivity index (χ3v) is 5.50. The molecule has 0 spiro atoms. The van der Waals surface area contributed by atoms with Gasteiger partial charge in [-0.25, -0.2) is 14.2 Å². The number of hydrogen-bond acceptors (Lipinski definition) is 5. The first-order valence-corrected chi connectivity index (χ1v) is 10.1. The summed E-state index contributed by atoms with van der Waals surface area (Å²) in [4.78, 5) is 16.4. The van der Waals surface area contributed by atoms with Crippen molar-refractivity contribution in [3.05, 3.63) is 76.3 Å². The molecule has 6 nitrogen and oxygen atoms in total. The van der Waals surface area contributed by atoms with Gasteiger partial charge in [-0.1, -0.05) is 18.2 Å². The molecule has 0 unspecified atom stereocenters. The number of nitrogens with zero attached hydrogens (tertiary/aromatic N) is 3. The number of aromatic nitrogens is 2. The maximum absolute atomic E-state index is 13.6. The van der Waals surface area contributed by atoms with E-state index in [-0.39, 0.29) is 23.4 Å². The molecule has 1 N–H and O–H groups in total. The van der Waals surface area contributed by atoms with Gasteiger partial charge in [0, 0.05) is 5.69 Å². The molecule has 0 fully saturated rings. The second kappa shape index (κ2) is 8.20. The van der Waals surface area contributed by atoms with E-state index in [2.05, 4.69) is 20.9 Å². The largest absolute Gasteiger partial charge is 0.505 e. The summed E-state index contributed by atoms with van der Waals surface area (Å²) < 4.78 is 20.7. The van der Waals surface area contributed by atoms with Crippen molar-refractivity contribution >= 4 is 32.8 Å². The van der Waals surface area contributed by atoms with Crippen molar-refractivity contribution in [2.45, 2.75) is 6.92 Å². The number of nitriles is 1. The molecular formula is C23H15BrFN3O3. The monoisotopic (exact) mass is 479 g/mol. The summed E-state index contributed by atoms with van der Waals surface area (Å²) in [6, 6.07) is 17.0. The van der Waals surface area contributed by atoms with Crippen molar-refractivity contribution in [1.29, 1.82) is 5.26 Å². The Labute approximate surface area is 185 Å². The predicted molar refractivity (Wildman–Crippen MR) is 117 cm³/mol. The fourth-order valence-corrected chi connectivity index (χ4v) is 4.22. The van der Waals surface area contributed by atoms with Crippen LogP contribution in [0.3, 0.4) is 0 Å². The SMILES string of the molecule is CCOC(=O)c1nc(C#N)c2c(c1O)c(Br)c(-c1ccc(F)cc1)n2-c1ccccc1. The molecule has 2 aromatic heterocycles. The van der Waals surface area contributed by atoms with E-state index in [1.807, 2.05) is 36.4 Å². The molecule has 4 aromatic rings. The Balaban J connectivity index is 2.18. The maximum atomic E-state index is 13.6. The lowest BCUT2D eigenvalue weighted by atomic mass is 10.1. The topological polar surface area (TPSA) is 88.1 Å². The number of fused-ring (bicyclic) bond motifs is 1. The first-order chi connectivity index (χ1) is 15.0. The molecule has 0 aliphatic heterocycles. The van der Waals surface area contributed by atoms with E-state index in [1.54, 1.807) is 23.6 Å². The quantitative estimate of drug-likeness (QED) is 0.398. The third-order valence-electron chi connectivity index (χ3n) is 4.73. The van der Waals surface area contributed by atoms with Crippen molar-refractivity contribution in [3.63, 3.8) is 0 Å². The average Bonchev–Trinajstić information content (AvgIpc) is 3.09. The minimum Gasteiger partial charge on any atom is -0.505 e. The summed E-state index contributed by atoms with van der Waals surface area (Å²) in [6.07, 6.45) is 0. The molecule has 0 radical (unpaired) electrons. The van der Waals surface area contributed by atoms with Gasteiger partial charge in [0.05, 0.1) is 27.7 Å². The van der Waals surface area contributed by atoms with Gasteiger partial charge in [-0.05, 0) is 64.8 Å². The lowest BCUT2D eigenvalue weighted by molar-refractivity contribution is 0.0516. The molecule has 0 aliphatic rings. The molecule has 0 saturated heterocycles. The zero-order valence-corrected chi connectivity index (χ0v) is 17.9. The van der Waals surface area contributed by atoms with Gasteiger partial charge in [0.15, 0.2) is 17.1 Å². The van der Waals surface area contributed by atoms with Crippen LogP contribution >= 0.6 is 15.9 Å². The summed E-state index contributed by atoms with van der Waals surface area (Å²) >= 11 is 3.53. The van der Waals surface area contributed by atoms with Crippen LogP contribution in [0.2, 0.25) is 0 Å². The lowest BCUT2D eigenvalue weighted by Crippen LogP contribution is -2.09. The maximum Gasteiger partial charge on any atom is 0.360 e. The van der Waals surface area contributed by atoms with E-state index in [1.165, 1.54) is 12.1 Å². The number of pyridine rings is 1. The molecule has 0 amide bonds. The zero-order chi connectivity index (χ0) is 22.1. The van der Waals surface area contributed by atoms with Gasteiger partial charge in [-0.15, -0.1) is 0 Å². The van der Waals surface area contributed by atoms with E-state index in [4.69, 9.17) is 4.74 Å². The fraction of sp³-hybridized carbons (Fsp3) is 0.0870. The van der Waals surface area contributed by atoms with Crippen molar-refractivity contribution in [3.8, 4) is 28.8 Å². The Morgan fingerprint density at radius 1 is 1.23 bits per heavy atom. The van der Waals surface area contributed by atoms with Crippen LogP contribution in [0.4, 0.5) is 4.39 Å². The van der Waals surface area contributed by atoms with Gasteiger partial charge in [0.25, 0.3) is 0 Å². The fourth-order valence-electron chi connectivity index (χ4n) is 3.44. The summed E-state index contributed by atoms with van der Waals surface area (Å²) in [5.41, 5.74) is 1.80. The van der Waals surface area contributed by atoms with Gasteiger partial charge in [-0.2, -0.15) is 5.26 Å². The first-order valence-electron chi connectivity index (χ1n) is 9.33. The second-order valence-electron chi connectivity index (χ2n) is 6.55. The second-order valence-corrected chi connectivity index (χ2v) is 7.35. The Bertz CT molecular complexity index is 1340. The van der Waals surface area contributed by atoms with Gasteiger partial charge in [-0.3, -0.25) is 0 Å². The minimum absolute atomic E-state index is 0.0613. The van der Waals surface area contributed by atoms with Crippen LogP contribution in [0.5, 0.6) is 5.75 Å². The van der Waals surface area contributed by atoms with E-state index >= 15 is 0 Å². The molecule has 31 heavy (non-hydrogen) atoms. The van der Waals surface area contributed by atoms with Gasteiger partial charge >= 0.3 is 5.97 Å². The average molecular weight is 480 g/mol. The number of halogens is 2. The Hall–Kier alpha value is -3.70. The summed E-state index contributed by atoms with van der Waals surface area (Å²) in [7, 11) is 0. The highest BCUT2D eigenvalue weighted by atomic mass is 79.9. The van der Waals surface area contributed by atoms with Crippen molar-refractivity contribution < 1.29 is 19.0 Å². The Kier molecular flexibility index (Phi) is 5.44. The van der Waals surface area contributed by atoms with Crippen molar-refractivity contribution in [2.75, 3.05) is 6.61 Å². The standard InChI is InChI=1S/C23H15BrFN3O3/c1-2-31-23(30)19-22(29)17-18(24)20(13-8-10-14(25)11-9-13)28(15-6-4-3-5-7-15)21(17)16(12-26)27-19/h3-11,29H,2H2,1H3. The van der Waals surface area contributed by atoms with Crippen LogP contribution in [0.15, 0.2) is 59.1 Å². The number of aromatic hydroxyl groups is 1. The number of rotatable bonds is 4. The van der Waals surface area contributed by atoms with Crippen LogP contribution in [0.1, 0.15) is 23.1 Å². The van der Waals surface area contributed by atoms with E-state index < -0.39 is 17.5 Å². The number of esters is 1. The van der Waals surface area contributed by atoms with Crippen LogP contribution in [0.25, 0.3) is 27.8 Å². The van der Waals surface area contributed by atoms with Crippen molar-refractivity contribution in [2.24, 2.45) is 0 Å². The number of carbonyl (C=O) groups is 1. The van der Waals surface area contributed by atoms with Crippen LogP contribution in [-0.2, 0) is 4.74 Å². The molecule has 0 bridgehead atoms. The molecular weight excluding hydrogens is 465 g/mol. The van der Waals surface area contributed by atoms with E-state index in [0.717, 1.165) is 0 Å². The molecule has 8 heteroatoms. The Morgan fingerprint density at radius 2 is 1.90 bits per heavy atom. The van der Waals surface area contributed by atoms with Gasteiger partial charge < -0.3 is 14.4 Å². The van der Waals surface area contributed by atoms with Crippen molar-refractivity contribution in [1.82, 2.24) is 9.55 Å². The number of para-hydroxylation sites is 1. The molecule has 154 valence electrons. The normalized spacial score (nSPS) is 10.8. The predicted octanol–water partition coefficient (Wildman–Crippen LogP) is 5.35. The summed E-state index contributed by atoms with van der Waals surface area (Å²) in [6.45, 7) is 1.72. The molecule has 0 saturated carbocycles. The van der Waals surface area contributed by atoms with Crippen LogP contribution in [-0.4, -0.2) is 27.2 Å². The van der Waals surface area contributed by atoms with Gasteiger partial charge in [0.2, 0.25) is 0 Å². The highest BCUT2D eigenvalue weighted by Crippen LogP contribution is 2.45. The third kappa shape index (κ3) is 3.43.